The summed E-state index contributed by atoms with van der Waals surface area (Å²) in [5.74, 6) is 1.67. The number of nitrogens with one attached hydrogen (secondary N) is 2. The Hall–Kier alpha value is -1.89. The molecule has 158 valence electrons. The van der Waals surface area contributed by atoms with Gasteiger partial charge in [-0.05, 0) is 43.9 Å². The lowest BCUT2D eigenvalue weighted by Gasteiger charge is -2.56. The van der Waals surface area contributed by atoms with Crippen molar-refractivity contribution in [1.82, 2.24) is 25.3 Å². The van der Waals surface area contributed by atoms with Crippen molar-refractivity contribution in [2.45, 2.75) is 70.0 Å². The lowest BCUT2D eigenvalue weighted by molar-refractivity contribution is -0.153. The number of fused-ring (bicyclic) bond motifs is 4. The third kappa shape index (κ3) is 3.81. The molecular weight excluding hydrogens is 366 g/mol. The number of aromatic nitrogens is 2. The van der Waals surface area contributed by atoms with Crippen LogP contribution >= 0.6 is 0 Å². The highest BCUT2D eigenvalue weighted by atomic mass is 16.2. The monoisotopic (exact) mass is 399 g/mol. The van der Waals surface area contributed by atoms with E-state index in [1.807, 2.05) is 12.4 Å². The molecule has 1 saturated carbocycles. The van der Waals surface area contributed by atoms with Crippen molar-refractivity contribution in [1.29, 1.82) is 0 Å². The Balaban J connectivity index is 1.31. The highest BCUT2D eigenvalue weighted by Crippen LogP contribution is 2.41. The number of hydrogen-bond donors (Lipinski definition) is 2. The Labute approximate surface area is 172 Å². The molecular formula is C22H33N5O2. The summed E-state index contributed by atoms with van der Waals surface area (Å²) in [5.41, 5.74) is 1.22. The molecule has 7 heteroatoms. The zero-order valence-corrected chi connectivity index (χ0v) is 17.2. The third-order valence-electron chi connectivity index (χ3n) is 7.74. The van der Waals surface area contributed by atoms with Crippen molar-refractivity contribution in [3.63, 3.8) is 0 Å². The molecule has 0 spiro atoms. The Morgan fingerprint density at radius 1 is 1.17 bits per heavy atom. The molecule has 3 saturated heterocycles. The number of hydrogen-bond acceptors (Lipinski definition) is 4. The fraction of sp³-hybridized carbons (Fsp3) is 0.773. The number of rotatable bonds is 5. The normalized spacial score (nSPS) is 33.0. The van der Waals surface area contributed by atoms with Gasteiger partial charge in [0, 0.05) is 56.3 Å². The zero-order valence-electron chi connectivity index (χ0n) is 17.2. The number of piperidine rings is 3. The number of aromatic amines is 1. The lowest BCUT2D eigenvalue weighted by Crippen LogP contribution is -2.67. The highest BCUT2D eigenvalue weighted by molar-refractivity contribution is 5.80. The van der Waals surface area contributed by atoms with Crippen molar-refractivity contribution in [2.24, 2.45) is 17.8 Å². The van der Waals surface area contributed by atoms with Gasteiger partial charge in [0.1, 0.15) is 0 Å². The summed E-state index contributed by atoms with van der Waals surface area (Å²) in [6, 6.07) is 0.481. The SMILES string of the molecule is O=C(NC[C@H]1[C@H]2C[C@H](CN(Cc3cn[nH]c3)C2)[C@@H]2CCCC(=O)N21)C1CCCC1. The van der Waals surface area contributed by atoms with E-state index in [0.717, 1.165) is 45.3 Å². The molecule has 2 amide bonds. The largest absolute Gasteiger partial charge is 0.354 e. The Morgan fingerprint density at radius 3 is 2.79 bits per heavy atom. The van der Waals surface area contributed by atoms with E-state index < -0.39 is 0 Å². The standard InChI is InChI=1S/C22H33N5O2/c28-21-7-3-6-19-17-8-18(14-26(13-17)12-15-9-24-25-10-15)20(27(19)21)11-23-22(29)16-4-1-2-5-16/h9-10,16-20H,1-8,11-14H2,(H,23,29)(H,24,25)/t17-,18+,19+,20+/m1/s1. The minimum absolute atomic E-state index is 0.140. The van der Waals surface area contributed by atoms with Gasteiger partial charge in [-0.15, -0.1) is 0 Å². The fourth-order valence-corrected chi connectivity index (χ4v) is 6.42. The van der Waals surface area contributed by atoms with E-state index in [-0.39, 0.29) is 17.9 Å². The van der Waals surface area contributed by atoms with Crippen LogP contribution in [0.3, 0.4) is 0 Å². The minimum atomic E-state index is 0.140. The average molecular weight is 400 g/mol. The fourth-order valence-electron chi connectivity index (χ4n) is 6.42. The topological polar surface area (TPSA) is 81.3 Å². The maximum absolute atomic E-state index is 12.9. The van der Waals surface area contributed by atoms with Crippen LogP contribution in [0.25, 0.3) is 0 Å². The maximum Gasteiger partial charge on any atom is 0.223 e. The van der Waals surface area contributed by atoms with Crippen molar-refractivity contribution < 1.29 is 9.59 Å². The van der Waals surface area contributed by atoms with E-state index in [1.165, 1.54) is 24.8 Å². The number of H-pyrrole nitrogens is 1. The molecule has 0 unspecified atom stereocenters. The molecule has 5 rings (SSSR count). The van der Waals surface area contributed by atoms with E-state index >= 15 is 0 Å². The first-order chi connectivity index (χ1) is 14.2. The van der Waals surface area contributed by atoms with Crippen LogP contribution in [0.1, 0.15) is 56.9 Å². The van der Waals surface area contributed by atoms with Gasteiger partial charge >= 0.3 is 0 Å². The number of carbonyl (C=O) groups excluding carboxylic acids is 2. The first kappa shape index (κ1) is 19.1. The smallest absolute Gasteiger partial charge is 0.223 e. The molecule has 7 nitrogen and oxygen atoms in total. The summed E-state index contributed by atoms with van der Waals surface area (Å²) < 4.78 is 0. The second-order valence-electron chi connectivity index (χ2n) is 9.61. The molecule has 4 heterocycles. The molecule has 2 bridgehead atoms. The van der Waals surface area contributed by atoms with E-state index in [1.54, 1.807) is 0 Å². The zero-order chi connectivity index (χ0) is 19.8. The lowest BCUT2D eigenvalue weighted by atomic mass is 9.72. The van der Waals surface area contributed by atoms with Crippen LogP contribution in [0.4, 0.5) is 0 Å². The number of nitrogens with zero attached hydrogens (tertiary/aromatic N) is 3. The summed E-state index contributed by atoms with van der Waals surface area (Å²) in [7, 11) is 0. The van der Waals surface area contributed by atoms with Crippen LogP contribution in [0.2, 0.25) is 0 Å². The van der Waals surface area contributed by atoms with Crippen molar-refractivity contribution >= 4 is 11.8 Å². The predicted molar refractivity (Wildman–Crippen MR) is 109 cm³/mol. The van der Waals surface area contributed by atoms with Crippen LogP contribution in [0.15, 0.2) is 12.4 Å². The summed E-state index contributed by atoms with van der Waals surface area (Å²) in [6.07, 6.45) is 12.2. The molecule has 29 heavy (non-hydrogen) atoms. The van der Waals surface area contributed by atoms with E-state index in [4.69, 9.17) is 0 Å². The van der Waals surface area contributed by atoms with Gasteiger partial charge in [0.15, 0.2) is 0 Å². The summed E-state index contributed by atoms with van der Waals surface area (Å²) in [4.78, 5) is 30.3. The first-order valence-corrected chi connectivity index (χ1v) is 11.5. The maximum atomic E-state index is 12.9. The van der Waals surface area contributed by atoms with Crippen LogP contribution in [0, 0.1) is 17.8 Å². The van der Waals surface area contributed by atoms with E-state index in [0.29, 0.717) is 36.8 Å². The molecule has 1 aliphatic carbocycles. The molecule has 0 radical (unpaired) electrons. The van der Waals surface area contributed by atoms with Crippen LogP contribution in [-0.2, 0) is 16.1 Å². The average Bonchev–Trinajstić information content (AvgIpc) is 3.42. The predicted octanol–water partition coefficient (Wildman–Crippen LogP) is 1.92. The molecule has 3 aliphatic heterocycles. The summed E-state index contributed by atoms with van der Waals surface area (Å²) in [6.45, 7) is 3.57. The molecule has 1 aromatic heterocycles. The molecule has 4 fully saturated rings. The molecule has 0 aromatic carbocycles. The summed E-state index contributed by atoms with van der Waals surface area (Å²) >= 11 is 0. The van der Waals surface area contributed by atoms with E-state index in [9.17, 15) is 9.59 Å². The van der Waals surface area contributed by atoms with Gasteiger partial charge in [-0.1, -0.05) is 12.8 Å². The van der Waals surface area contributed by atoms with Gasteiger partial charge < -0.3 is 10.2 Å². The molecule has 4 atom stereocenters. The van der Waals surface area contributed by atoms with E-state index in [2.05, 4.69) is 25.3 Å². The van der Waals surface area contributed by atoms with Gasteiger partial charge in [0.05, 0.1) is 12.2 Å². The Kier molecular flexibility index (Phi) is 5.33. The van der Waals surface area contributed by atoms with Crippen LogP contribution < -0.4 is 5.32 Å². The Morgan fingerprint density at radius 2 is 2.00 bits per heavy atom. The quantitative estimate of drug-likeness (QED) is 0.793. The van der Waals surface area contributed by atoms with Crippen molar-refractivity contribution in [3.8, 4) is 0 Å². The molecule has 4 aliphatic rings. The summed E-state index contributed by atoms with van der Waals surface area (Å²) in [5, 5.41) is 10.2. The minimum Gasteiger partial charge on any atom is -0.354 e. The number of amides is 2. The third-order valence-corrected chi connectivity index (χ3v) is 7.74. The number of likely N-dealkylation sites (tertiary alicyclic amines) is 1. The number of carbonyl (C=O) groups is 2. The second-order valence-corrected chi connectivity index (χ2v) is 9.61. The highest BCUT2D eigenvalue weighted by Gasteiger charge is 2.49. The second kappa shape index (κ2) is 8.09. The van der Waals surface area contributed by atoms with Crippen molar-refractivity contribution in [3.05, 3.63) is 18.0 Å². The first-order valence-electron chi connectivity index (χ1n) is 11.5. The van der Waals surface area contributed by atoms with Gasteiger partial charge in [0.25, 0.3) is 0 Å². The van der Waals surface area contributed by atoms with Crippen LogP contribution in [0.5, 0.6) is 0 Å². The van der Waals surface area contributed by atoms with Gasteiger partial charge in [-0.3, -0.25) is 19.6 Å². The molecule has 1 aromatic rings. The van der Waals surface area contributed by atoms with Gasteiger partial charge in [0.2, 0.25) is 11.8 Å². The van der Waals surface area contributed by atoms with Crippen LogP contribution in [-0.4, -0.2) is 63.5 Å². The van der Waals surface area contributed by atoms with Crippen molar-refractivity contribution in [2.75, 3.05) is 19.6 Å². The van der Waals surface area contributed by atoms with Gasteiger partial charge in [-0.2, -0.15) is 5.10 Å². The molecule has 2 N–H and O–H groups in total. The van der Waals surface area contributed by atoms with Gasteiger partial charge in [-0.25, -0.2) is 0 Å². The Bertz CT molecular complexity index is 730.